The summed E-state index contributed by atoms with van der Waals surface area (Å²) in [5.74, 6) is -3.05. The first kappa shape index (κ1) is 21.6. The van der Waals surface area contributed by atoms with Gasteiger partial charge in [-0.15, -0.1) is 0 Å². The molecule has 0 saturated heterocycles. The van der Waals surface area contributed by atoms with Crippen molar-refractivity contribution in [3.05, 3.63) is 12.2 Å². The SMILES string of the molecule is C=C(C)C(=O)OCCNC(=O)C(=O)OCCOC(=O)C(C)(C)CC. The van der Waals surface area contributed by atoms with E-state index in [1.54, 1.807) is 13.8 Å². The molecule has 0 spiro atoms. The zero-order valence-electron chi connectivity index (χ0n) is 14.6. The second kappa shape index (κ2) is 10.4. The number of rotatable bonds is 9. The van der Waals surface area contributed by atoms with Gasteiger partial charge in [0, 0.05) is 5.57 Å². The first-order valence-electron chi connectivity index (χ1n) is 7.56. The van der Waals surface area contributed by atoms with E-state index in [0.717, 1.165) is 0 Å². The molecule has 0 aliphatic rings. The Morgan fingerprint density at radius 1 is 0.958 bits per heavy atom. The van der Waals surface area contributed by atoms with Crippen molar-refractivity contribution >= 4 is 23.8 Å². The van der Waals surface area contributed by atoms with E-state index in [-0.39, 0.29) is 31.9 Å². The number of amides is 1. The molecule has 0 aliphatic heterocycles. The lowest BCUT2D eigenvalue weighted by Crippen LogP contribution is -2.35. The monoisotopic (exact) mass is 343 g/mol. The summed E-state index contributed by atoms with van der Waals surface area (Å²) < 4.78 is 14.4. The Balaban J connectivity index is 3.88. The van der Waals surface area contributed by atoms with Crippen LogP contribution in [0, 0.1) is 5.41 Å². The van der Waals surface area contributed by atoms with Crippen LogP contribution in [0.3, 0.4) is 0 Å². The van der Waals surface area contributed by atoms with Gasteiger partial charge in [0.05, 0.1) is 12.0 Å². The fourth-order valence-corrected chi connectivity index (χ4v) is 1.18. The highest BCUT2D eigenvalue weighted by Crippen LogP contribution is 2.21. The lowest BCUT2D eigenvalue weighted by atomic mass is 9.91. The molecule has 0 saturated carbocycles. The highest BCUT2D eigenvalue weighted by atomic mass is 16.6. The third-order valence-electron chi connectivity index (χ3n) is 3.14. The summed E-state index contributed by atoms with van der Waals surface area (Å²) >= 11 is 0. The topological polar surface area (TPSA) is 108 Å². The van der Waals surface area contributed by atoms with Crippen molar-refractivity contribution in [2.45, 2.75) is 34.1 Å². The molecule has 1 N–H and O–H groups in total. The number of carbonyl (C=O) groups is 4. The molecule has 24 heavy (non-hydrogen) atoms. The number of hydrogen-bond acceptors (Lipinski definition) is 7. The Morgan fingerprint density at radius 3 is 2.04 bits per heavy atom. The predicted octanol–water partition coefficient (Wildman–Crippen LogP) is 0.744. The van der Waals surface area contributed by atoms with Crippen LogP contribution in [0.5, 0.6) is 0 Å². The molecule has 8 nitrogen and oxygen atoms in total. The lowest BCUT2D eigenvalue weighted by Gasteiger charge is -2.20. The Morgan fingerprint density at radius 2 is 1.50 bits per heavy atom. The van der Waals surface area contributed by atoms with Crippen molar-refractivity contribution in [3.8, 4) is 0 Å². The van der Waals surface area contributed by atoms with Crippen LogP contribution in [0.4, 0.5) is 0 Å². The van der Waals surface area contributed by atoms with Gasteiger partial charge in [0.1, 0.15) is 19.8 Å². The molecule has 8 heteroatoms. The van der Waals surface area contributed by atoms with E-state index in [9.17, 15) is 19.2 Å². The minimum atomic E-state index is -1.10. The van der Waals surface area contributed by atoms with Crippen LogP contribution in [-0.4, -0.2) is 50.2 Å². The second-order valence-electron chi connectivity index (χ2n) is 5.68. The molecule has 0 radical (unpaired) electrons. The molecule has 1 amide bonds. The minimum Gasteiger partial charge on any atom is -0.462 e. The maximum atomic E-state index is 11.7. The summed E-state index contributed by atoms with van der Waals surface area (Å²) in [6.07, 6.45) is 0.615. The molecule has 0 heterocycles. The standard InChI is InChI=1S/C16H25NO7/c1-6-16(4,5)15(21)24-10-9-23-14(20)12(18)17-7-8-22-13(19)11(2)3/h2,6-10H2,1,3-5H3,(H,17,18). The van der Waals surface area contributed by atoms with Gasteiger partial charge in [-0.25, -0.2) is 9.59 Å². The smallest absolute Gasteiger partial charge is 0.396 e. The molecular formula is C16H25NO7. The van der Waals surface area contributed by atoms with Crippen molar-refractivity contribution in [3.63, 3.8) is 0 Å². The molecule has 136 valence electrons. The van der Waals surface area contributed by atoms with Gasteiger partial charge in [-0.2, -0.15) is 0 Å². The molecule has 0 aliphatic carbocycles. The average molecular weight is 343 g/mol. The maximum absolute atomic E-state index is 11.7. The van der Waals surface area contributed by atoms with Crippen LogP contribution in [0.1, 0.15) is 34.1 Å². The van der Waals surface area contributed by atoms with Gasteiger partial charge in [-0.1, -0.05) is 13.5 Å². The highest BCUT2D eigenvalue weighted by molar-refractivity contribution is 6.32. The summed E-state index contributed by atoms with van der Waals surface area (Å²) in [5.41, 5.74) is -0.371. The molecule has 0 unspecified atom stereocenters. The van der Waals surface area contributed by atoms with Crippen molar-refractivity contribution < 1.29 is 33.4 Å². The fraction of sp³-hybridized carbons (Fsp3) is 0.625. The first-order valence-corrected chi connectivity index (χ1v) is 7.56. The highest BCUT2D eigenvalue weighted by Gasteiger charge is 2.27. The fourth-order valence-electron chi connectivity index (χ4n) is 1.18. The van der Waals surface area contributed by atoms with Crippen LogP contribution in [0.2, 0.25) is 0 Å². The zero-order valence-corrected chi connectivity index (χ0v) is 14.6. The Bertz CT molecular complexity index is 497. The van der Waals surface area contributed by atoms with Gasteiger partial charge < -0.3 is 19.5 Å². The minimum absolute atomic E-state index is 0.0351. The molecule has 0 aromatic rings. The molecule has 0 aromatic heterocycles. The third-order valence-corrected chi connectivity index (χ3v) is 3.14. The lowest BCUT2D eigenvalue weighted by molar-refractivity contribution is -0.161. The average Bonchev–Trinajstić information content (AvgIpc) is 2.54. The van der Waals surface area contributed by atoms with Crippen molar-refractivity contribution in [2.24, 2.45) is 5.41 Å². The van der Waals surface area contributed by atoms with Crippen LogP contribution < -0.4 is 5.32 Å². The maximum Gasteiger partial charge on any atom is 0.396 e. The summed E-state index contributed by atoms with van der Waals surface area (Å²) in [6.45, 7) is 9.77. The van der Waals surface area contributed by atoms with E-state index in [1.165, 1.54) is 6.92 Å². The summed E-state index contributed by atoms with van der Waals surface area (Å²) in [4.78, 5) is 45.5. The van der Waals surface area contributed by atoms with E-state index < -0.39 is 29.2 Å². The zero-order chi connectivity index (χ0) is 18.8. The third kappa shape index (κ3) is 8.30. The second-order valence-corrected chi connectivity index (χ2v) is 5.68. The van der Waals surface area contributed by atoms with E-state index >= 15 is 0 Å². The predicted molar refractivity (Wildman–Crippen MR) is 84.8 cm³/mol. The van der Waals surface area contributed by atoms with E-state index in [1.807, 2.05) is 6.92 Å². The quantitative estimate of drug-likeness (QED) is 0.216. The number of ether oxygens (including phenoxy) is 3. The van der Waals surface area contributed by atoms with Crippen LogP contribution in [-0.2, 0) is 33.4 Å². The number of hydrogen-bond donors (Lipinski definition) is 1. The Hall–Kier alpha value is -2.38. The normalized spacial score (nSPS) is 10.5. The molecule has 0 bridgehead atoms. The molecule has 0 atom stereocenters. The molecule has 0 fully saturated rings. The van der Waals surface area contributed by atoms with Gasteiger partial charge in [-0.3, -0.25) is 9.59 Å². The largest absolute Gasteiger partial charge is 0.462 e. The van der Waals surface area contributed by atoms with Gasteiger partial charge >= 0.3 is 23.8 Å². The van der Waals surface area contributed by atoms with Crippen molar-refractivity contribution in [2.75, 3.05) is 26.4 Å². The summed E-state index contributed by atoms with van der Waals surface area (Å²) in [7, 11) is 0. The van der Waals surface area contributed by atoms with Crippen LogP contribution in [0.25, 0.3) is 0 Å². The van der Waals surface area contributed by atoms with Gasteiger partial charge in [0.15, 0.2) is 0 Å². The van der Waals surface area contributed by atoms with Crippen LogP contribution in [0.15, 0.2) is 12.2 Å². The molecule has 0 rings (SSSR count). The molecular weight excluding hydrogens is 318 g/mol. The van der Waals surface area contributed by atoms with Gasteiger partial charge in [0.2, 0.25) is 0 Å². The van der Waals surface area contributed by atoms with Gasteiger partial charge in [-0.05, 0) is 27.2 Å². The van der Waals surface area contributed by atoms with Gasteiger partial charge in [0.25, 0.3) is 0 Å². The summed E-state index contributed by atoms with van der Waals surface area (Å²) in [5, 5.41) is 2.23. The summed E-state index contributed by atoms with van der Waals surface area (Å²) in [6, 6.07) is 0. The Kier molecular flexibility index (Phi) is 9.37. The van der Waals surface area contributed by atoms with E-state index in [4.69, 9.17) is 9.47 Å². The Labute approximate surface area is 141 Å². The van der Waals surface area contributed by atoms with E-state index in [0.29, 0.717) is 6.42 Å². The van der Waals surface area contributed by atoms with Crippen molar-refractivity contribution in [1.29, 1.82) is 0 Å². The number of esters is 3. The number of carbonyl (C=O) groups excluding carboxylic acids is 4. The number of nitrogens with one attached hydrogen (secondary N) is 1. The molecule has 0 aromatic carbocycles. The first-order chi connectivity index (χ1) is 11.1. The van der Waals surface area contributed by atoms with E-state index in [2.05, 4.69) is 16.6 Å². The van der Waals surface area contributed by atoms with Crippen LogP contribution >= 0.6 is 0 Å². The van der Waals surface area contributed by atoms with Crippen molar-refractivity contribution in [1.82, 2.24) is 5.32 Å².